The molecule has 0 fully saturated rings. The molecule has 0 spiro atoms. The Balaban J connectivity index is 2.14. The second-order valence-corrected chi connectivity index (χ2v) is 9.51. The number of nitrogens with zero attached hydrogens (tertiary/aromatic N) is 1. The molecule has 0 amide bonds. The van der Waals surface area contributed by atoms with Gasteiger partial charge in [-0.15, -0.1) is 0 Å². The van der Waals surface area contributed by atoms with Crippen LogP contribution in [0.5, 0.6) is 0 Å². The Kier molecular flexibility index (Phi) is 4.96. The molecule has 4 nitrogen and oxygen atoms in total. The molecule has 2 N–H and O–H groups in total. The summed E-state index contributed by atoms with van der Waals surface area (Å²) in [6, 6.07) is 5.78. The van der Waals surface area contributed by atoms with Crippen LogP contribution in [-0.4, -0.2) is 28.3 Å². The van der Waals surface area contributed by atoms with Gasteiger partial charge in [-0.3, -0.25) is 0 Å². The van der Waals surface area contributed by atoms with Crippen molar-refractivity contribution in [2.75, 3.05) is 24.7 Å². The van der Waals surface area contributed by atoms with E-state index in [0.29, 0.717) is 4.90 Å². The fourth-order valence-corrected chi connectivity index (χ4v) is 6.05. The van der Waals surface area contributed by atoms with Crippen molar-refractivity contribution in [3.8, 4) is 0 Å². The lowest BCUT2D eigenvalue weighted by molar-refractivity contribution is 0.389. The number of fused-ring (bicyclic) bond motifs is 1. The van der Waals surface area contributed by atoms with Gasteiger partial charge in [-0.2, -0.15) is 0 Å². The van der Waals surface area contributed by atoms with Crippen LogP contribution in [0, 0.1) is 11.8 Å². The number of nitrogens with two attached hydrogens (primary N) is 1. The molecule has 3 atom stereocenters. The minimum atomic E-state index is -3.26. The van der Waals surface area contributed by atoms with E-state index in [0.717, 1.165) is 36.2 Å². The first-order valence-corrected chi connectivity index (χ1v) is 10.6. The second kappa shape index (κ2) is 6.87. The zero-order valence-electron chi connectivity index (χ0n) is 15.3. The van der Waals surface area contributed by atoms with E-state index in [1.54, 1.807) is 6.07 Å². The summed E-state index contributed by atoms with van der Waals surface area (Å²) in [6.45, 7) is 2.09. The lowest BCUT2D eigenvalue weighted by Gasteiger charge is -2.29. The third kappa shape index (κ3) is 3.61. The molecule has 136 valence electrons. The number of anilines is 1. The third-order valence-corrected chi connectivity index (χ3v) is 7.47. The maximum Gasteiger partial charge on any atom is 0.178 e. The summed E-state index contributed by atoms with van der Waals surface area (Å²) in [4.78, 5) is 2.54. The van der Waals surface area contributed by atoms with Gasteiger partial charge in [0.25, 0.3) is 0 Å². The number of benzene rings is 1. The quantitative estimate of drug-likeness (QED) is 0.897. The van der Waals surface area contributed by atoms with Crippen LogP contribution in [0.4, 0.5) is 5.69 Å². The Bertz CT molecular complexity index is 809. The summed E-state index contributed by atoms with van der Waals surface area (Å²) in [6.07, 6.45) is 8.71. The third-order valence-electron chi connectivity index (χ3n) is 5.52. The van der Waals surface area contributed by atoms with Gasteiger partial charge in [0.2, 0.25) is 0 Å². The molecule has 2 aliphatic rings. The van der Waals surface area contributed by atoms with Crippen LogP contribution in [-0.2, 0) is 9.84 Å². The second-order valence-electron chi connectivity index (χ2n) is 7.51. The van der Waals surface area contributed by atoms with Crippen LogP contribution in [0.15, 0.2) is 47.0 Å². The van der Waals surface area contributed by atoms with Crippen LogP contribution in [0.3, 0.4) is 0 Å². The summed E-state index contributed by atoms with van der Waals surface area (Å²) in [5.41, 5.74) is 8.95. The van der Waals surface area contributed by atoms with E-state index in [4.69, 9.17) is 5.73 Å². The fraction of sp³-hybridized carbons (Fsp3) is 0.500. The lowest BCUT2D eigenvalue weighted by Crippen LogP contribution is -2.19. The van der Waals surface area contributed by atoms with E-state index < -0.39 is 9.84 Å². The molecule has 25 heavy (non-hydrogen) atoms. The van der Waals surface area contributed by atoms with Crippen molar-refractivity contribution in [2.45, 2.75) is 37.0 Å². The monoisotopic (exact) mass is 360 g/mol. The zero-order chi connectivity index (χ0) is 18.2. The van der Waals surface area contributed by atoms with Gasteiger partial charge in [0.1, 0.15) is 0 Å². The Morgan fingerprint density at radius 1 is 1.28 bits per heavy atom. The van der Waals surface area contributed by atoms with Gasteiger partial charge in [0.15, 0.2) is 9.84 Å². The van der Waals surface area contributed by atoms with Gasteiger partial charge in [-0.1, -0.05) is 25.5 Å². The molecule has 1 aromatic rings. The van der Waals surface area contributed by atoms with Crippen molar-refractivity contribution >= 4 is 15.5 Å². The molecule has 1 aliphatic carbocycles. The molecular weight excluding hydrogens is 332 g/mol. The highest BCUT2D eigenvalue weighted by Gasteiger charge is 2.36. The Hall–Kier alpha value is -1.75. The average molecular weight is 361 g/mol. The van der Waals surface area contributed by atoms with E-state index in [1.807, 2.05) is 37.2 Å². The summed E-state index contributed by atoms with van der Waals surface area (Å²) in [5.74, 6) is 0.866. The van der Waals surface area contributed by atoms with Crippen LogP contribution < -0.4 is 10.6 Å². The topological polar surface area (TPSA) is 63.4 Å². The number of allylic oxidation sites excluding steroid dienone is 4. The molecule has 1 aliphatic heterocycles. The van der Waals surface area contributed by atoms with E-state index in [-0.39, 0.29) is 23.5 Å². The molecule has 1 unspecified atom stereocenters. The Morgan fingerprint density at radius 3 is 2.68 bits per heavy atom. The van der Waals surface area contributed by atoms with Crippen LogP contribution in [0.2, 0.25) is 0 Å². The maximum atomic E-state index is 13.0. The van der Waals surface area contributed by atoms with Gasteiger partial charge in [0, 0.05) is 25.5 Å². The van der Waals surface area contributed by atoms with Gasteiger partial charge in [0.05, 0.1) is 10.6 Å². The largest absolute Gasteiger partial charge is 0.402 e. The standard InChI is InChI=1S/C20H28N2O2S/c1-4-14-10-18(15-6-5-7-16(21)11-15)19-12-17(22(2)3)8-9-20(19)25(23,24)13-14/h5-9,12,14-15,18H,4,10-11,13,21H2,1-3H3/t14-,15?,18+/m0/s1. The Morgan fingerprint density at radius 2 is 2.04 bits per heavy atom. The minimum Gasteiger partial charge on any atom is -0.402 e. The van der Waals surface area contributed by atoms with Crippen molar-refractivity contribution in [2.24, 2.45) is 17.6 Å². The van der Waals surface area contributed by atoms with E-state index in [1.165, 1.54) is 0 Å². The summed E-state index contributed by atoms with van der Waals surface area (Å²) in [5, 5.41) is 0. The molecule has 3 rings (SSSR count). The fourth-order valence-electron chi connectivity index (χ4n) is 4.04. The van der Waals surface area contributed by atoms with Crippen LogP contribution in [0.25, 0.3) is 0 Å². The highest BCUT2D eigenvalue weighted by Crippen LogP contribution is 2.44. The van der Waals surface area contributed by atoms with Crippen molar-refractivity contribution in [1.82, 2.24) is 0 Å². The molecule has 1 aromatic carbocycles. The summed E-state index contributed by atoms with van der Waals surface area (Å²) in [7, 11) is 0.712. The maximum absolute atomic E-state index is 13.0. The van der Waals surface area contributed by atoms with Gasteiger partial charge in [-0.25, -0.2) is 8.42 Å². The smallest absolute Gasteiger partial charge is 0.178 e. The lowest BCUT2D eigenvalue weighted by atomic mass is 9.76. The predicted octanol–water partition coefficient (Wildman–Crippen LogP) is 3.46. The minimum absolute atomic E-state index is 0.181. The van der Waals surface area contributed by atoms with Crippen molar-refractivity contribution in [3.05, 3.63) is 47.7 Å². The first-order chi connectivity index (χ1) is 11.8. The summed E-state index contributed by atoms with van der Waals surface area (Å²) < 4.78 is 25.9. The number of hydrogen-bond acceptors (Lipinski definition) is 4. The average Bonchev–Trinajstić information content (AvgIpc) is 2.68. The molecule has 0 bridgehead atoms. The molecular formula is C20H28N2O2S. The molecule has 1 heterocycles. The van der Waals surface area contributed by atoms with E-state index in [2.05, 4.69) is 19.1 Å². The van der Waals surface area contributed by atoms with Crippen molar-refractivity contribution in [1.29, 1.82) is 0 Å². The number of sulfone groups is 1. The van der Waals surface area contributed by atoms with Crippen molar-refractivity contribution in [3.63, 3.8) is 0 Å². The van der Waals surface area contributed by atoms with E-state index >= 15 is 0 Å². The first-order valence-electron chi connectivity index (χ1n) is 8.98. The van der Waals surface area contributed by atoms with Gasteiger partial charge in [-0.05, 0) is 60.4 Å². The SMILES string of the molecule is CC[C@H]1C[C@H](C2C=CC=C(N)C2)c2cc(N(C)C)ccc2S(=O)(=O)C1. The first kappa shape index (κ1) is 18.1. The molecule has 0 saturated carbocycles. The highest BCUT2D eigenvalue weighted by atomic mass is 32.2. The number of rotatable bonds is 3. The zero-order valence-corrected chi connectivity index (χ0v) is 16.1. The Labute approximate surface area is 151 Å². The molecule has 0 radical (unpaired) electrons. The normalized spacial score (nSPS) is 28.0. The van der Waals surface area contributed by atoms with Gasteiger partial charge >= 0.3 is 0 Å². The van der Waals surface area contributed by atoms with Crippen molar-refractivity contribution < 1.29 is 8.42 Å². The molecule has 5 heteroatoms. The number of hydrogen-bond donors (Lipinski definition) is 1. The predicted molar refractivity (Wildman–Crippen MR) is 103 cm³/mol. The van der Waals surface area contributed by atoms with Crippen LogP contribution >= 0.6 is 0 Å². The summed E-state index contributed by atoms with van der Waals surface area (Å²) >= 11 is 0. The molecule has 0 saturated heterocycles. The van der Waals surface area contributed by atoms with Crippen LogP contribution in [0.1, 0.15) is 37.7 Å². The molecule has 0 aromatic heterocycles. The van der Waals surface area contributed by atoms with E-state index in [9.17, 15) is 8.42 Å². The highest BCUT2D eigenvalue weighted by molar-refractivity contribution is 7.91. The van der Waals surface area contributed by atoms with Gasteiger partial charge < -0.3 is 10.6 Å².